The van der Waals surface area contributed by atoms with E-state index in [4.69, 9.17) is 0 Å². The highest BCUT2D eigenvalue weighted by atomic mass is 16.3. The summed E-state index contributed by atoms with van der Waals surface area (Å²) in [4.78, 5) is 0. The minimum Gasteiger partial charge on any atom is -0.392 e. The van der Waals surface area contributed by atoms with E-state index < -0.39 is 0 Å². The predicted molar refractivity (Wildman–Crippen MR) is 67.8 cm³/mol. The molecule has 1 heterocycles. The van der Waals surface area contributed by atoms with Crippen LogP contribution in [0.25, 0.3) is 0 Å². The molecule has 1 aliphatic rings. The number of aliphatic hydroxyl groups is 1. The van der Waals surface area contributed by atoms with E-state index in [2.05, 4.69) is 10.4 Å². The lowest BCUT2D eigenvalue weighted by Gasteiger charge is -2.21. The van der Waals surface area contributed by atoms with Crippen LogP contribution < -0.4 is 5.32 Å². The molecule has 2 N–H and O–H groups in total. The van der Waals surface area contributed by atoms with Crippen LogP contribution in [0.3, 0.4) is 0 Å². The second kappa shape index (κ2) is 6.17. The largest absolute Gasteiger partial charge is 0.392 e. The molecule has 0 aliphatic heterocycles. The maximum absolute atomic E-state index is 9.97. The smallest absolute Gasteiger partial charge is 0.0693 e. The summed E-state index contributed by atoms with van der Waals surface area (Å²) < 4.78 is 1.83. The maximum Gasteiger partial charge on any atom is 0.0693 e. The predicted octanol–water partition coefficient (Wildman–Crippen LogP) is 1.25. The molecule has 4 nitrogen and oxygen atoms in total. The Labute approximate surface area is 103 Å². The molecule has 2 rings (SSSR count). The van der Waals surface area contributed by atoms with Crippen molar-refractivity contribution in [3.8, 4) is 0 Å². The highest BCUT2D eigenvalue weighted by molar-refractivity contribution is 5.04. The molecule has 0 bridgehead atoms. The van der Waals surface area contributed by atoms with Crippen LogP contribution in [0.5, 0.6) is 0 Å². The van der Waals surface area contributed by atoms with Gasteiger partial charge in [0.2, 0.25) is 0 Å². The minimum atomic E-state index is -0.161. The van der Waals surface area contributed by atoms with Crippen molar-refractivity contribution in [2.45, 2.75) is 50.7 Å². The third-order valence-corrected chi connectivity index (χ3v) is 3.56. The van der Waals surface area contributed by atoms with Crippen molar-refractivity contribution in [3.05, 3.63) is 18.0 Å². The molecular weight excluding hydrogens is 214 g/mol. The second-order valence-corrected chi connectivity index (χ2v) is 5.04. The molecular formula is C13H23N3O. The van der Waals surface area contributed by atoms with Crippen LogP contribution in [0.4, 0.5) is 0 Å². The van der Waals surface area contributed by atoms with Gasteiger partial charge in [-0.15, -0.1) is 0 Å². The van der Waals surface area contributed by atoms with Gasteiger partial charge < -0.3 is 10.4 Å². The first-order chi connectivity index (χ1) is 8.25. The first-order valence-corrected chi connectivity index (χ1v) is 6.64. The van der Waals surface area contributed by atoms with E-state index in [1.54, 1.807) is 0 Å². The number of rotatable bonds is 4. The van der Waals surface area contributed by atoms with Crippen molar-refractivity contribution >= 4 is 0 Å². The molecule has 17 heavy (non-hydrogen) atoms. The van der Waals surface area contributed by atoms with Gasteiger partial charge in [-0.2, -0.15) is 5.10 Å². The number of aromatic nitrogens is 2. The van der Waals surface area contributed by atoms with Crippen LogP contribution in [-0.4, -0.2) is 33.6 Å². The van der Waals surface area contributed by atoms with Crippen LogP contribution in [-0.2, 0) is 13.5 Å². The molecule has 1 aromatic heterocycles. The Morgan fingerprint density at radius 3 is 3.00 bits per heavy atom. The highest BCUT2D eigenvalue weighted by Crippen LogP contribution is 2.17. The average molecular weight is 237 g/mol. The van der Waals surface area contributed by atoms with Gasteiger partial charge in [0.1, 0.15) is 0 Å². The SMILES string of the molecule is Cn1cc(CCNC2CCCCCC2O)cn1. The van der Waals surface area contributed by atoms with Crippen molar-refractivity contribution in [3.63, 3.8) is 0 Å². The van der Waals surface area contributed by atoms with Crippen molar-refractivity contribution in [2.24, 2.45) is 7.05 Å². The van der Waals surface area contributed by atoms with E-state index >= 15 is 0 Å². The fourth-order valence-electron chi connectivity index (χ4n) is 2.53. The highest BCUT2D eigenvalue weighted by Gasteiger charge is 2.20. The summed E-state index contributed by atoms with van der Waals surface area (Å²) in [6.45, 7) is 0.924. The average Bonchev–Trinajstić information content (AvgIpc) is 2.61. The Kier molecular flexibility index (Phi) is 4.57. The van der Waals surface area contributed by atoms with Crippen molar-refractivity contribution in [1.29, 1.82) is 0 Å². The molecule has 96 valence electrons. The molecule has 0 aromatic carbocycles. The molecule has 2 atom stereocenters. The summed E-state index contributed by atoms with van der Waals surface area (Å²) in [6.07, 6.45) is 10.5. The number of nitrogens with zero attached hydrogens (tertiary/aromatic N) is 2. The van der Waals surface area contributed by atoms with E-state index in [0.717, 1.165) is 25.8 Å². The number of hydrogen-bond donors (Lipinski definition) is 2. The standard InChI is InChI=1S/C13H23N3O/c1-16-10-11(9-15-16)7-8-14-12-5-3-2-4-6-13(12)17/h9-10,12-14,17H,2-8H2,1H3. The van der Waals surface area contributed by atoms with E-state index in [0.29, 0.717) is 0 Å². The summed E-state index contributed by atoms with van der Waals surface area (Å²) in [6, 6.07) is 0.286. The number of aliphatic hydroxyl groups excluding tert-OH is 1. The van der Waals surface area contributed by atoms with Gasteiger partial charge in [0.25, 0.3) is 0 Å². The molecule has 1 fully saturated rings. The number of hydrogen-bond acceptors (Lipinski definition) is 3. The summed E-state index contributed by atoms with van der Waals surface area (Å²) >= 11 is 0. The molecule has 1 saturated carbocycles. The third kappa shape index (κ3) is 3.82. The van der Waals surface area contributed by atoms with Crippen LogP contribution in [0.15, 0.2) is 12.4 Å². The van der Waals surface area contributed by atoms with E-state index in [1.807, 2.05) is 24.1 Å². The van der Waals surface area contributed by atoms with E-state index in [1.165, 1.54) is 24.8 Å². The molecule has 2 unspecified atom stereocenters. The Bertz CT molecular complexity index is 337. The lowest BCUT2D eigenvalue weighted by Crippen LogP contribution is -2.40. The van der Waals surface area contributed by atoms with Gasteiger partial charge in [-0.05, 0) is 31.4 Å². The summed E-state index contributed by atoms with van der Waals surface area (Å²) in [5.41, 5.74) is 1.25. The van der Waals surface area contributed by atoms with E-state index in [9.17, 15) is 5.11 Å². The van der Waals surface area contributed by atoms with Crippen molar-refractivity contribution in [1.82, 2.24) is 15.1 Å². The van der Waals surface area contributed by atoms with Gasteiger partial charge in [0.15, 0.2) is 0 Å². The summed E-state index contributed by atoms with van der Waals surface area (Å²) in [7, 11) is 1.94. The fraction of sp³-hybridized carbons (Fsp3) is 0.769. The van der Waals surface area contributed by atoms with Gasteiger partial charge in [0.05, 0.1) is 12.3 Å². The molecule has 4 heteroatoms. The Morgan fingerprint density at radius 2 is 2.24 bits per heavy atom. The van der Waals surface area contributed by atoms with Gasteiger partial charge in [-0.25, -0.2) is 0 Å². The lowest BCUT2D eigenvalue weighted by atomic mass is 10.1. The molecule has 0 amide bonds. The maximum atomic E-state index is 9.97. The molecule has 0 saturated heterocycles. The number of nitrogens with one attached hydrogen (secondary N) is 1. The minimum absolute atomic E-state index is 0.161. The van der Waals surface area contributed by atoms with Gasteiger partial charge in [0, 0.05) is 19.3 Å². The Hall–Kier alpha value is -0.870. The van der Waals surface area contributed by atoms with Crippen LogP contribution in [0, 0.1) is 0 Å². The lowest BCUT2D eigenvalue weighted by molar-refractivity contribution is 0.120. The van der Waals surface area contributed by atoms with Gasteiger partial charge in [-0.1, -0.05) is 19.3 Å². The van der Waals surface area contributed by atoms with Crippen LogP contribution >= 0.6 is 0 Å². The third-order valence-electron chi connectivity index (χ3n) is 3.56. The topological polar surface area (TPSA) is 50.1 Å². The van der Waals surface area contributed by atoms with Crippen LogP contribution in [0.2, 0.25) is 0 Å². The normalized spacial score (nSPS) is 25.8. The molecule has 0 radical (unpaired) electrons. The van der Waals surface area contributed by atoms with Crippen molar-refractivity contribution in [2.75, 3.05) is 6.54 Å². The first-order valence-electron chi connectivity index (χ1n) is 6.64. The van der Waals surface area contributed by atoms with Crippen LogP contribution in [0.1, 0.15) is 37.7 Å². The first kappa shape index (κ1) is 12.6. The Morgan fingerprint density at radius 1 is 1.41 bits per heavy atom. The fourth-order valence-corrected chi connectivity index (χ4v) is 2.53. The molecule has 0 spiro atoms. The van der Waals surface area contributed by atoms with Gasteiger partial charge in [-0.3, -0.25) is 4.68 Å². The zero-order chi connectivity index (χ0) is 12.1. The monoisotopic (exact) mass is 237 g/mol. The van der Waals surface area contributed by atoms with Gasteiger partial charge >= 0.3 is 0 Å². The Balaban J connectivity index is 1.73. The second-order valence-electron chi connectivity index (χ2n) is 5.04. The summed E-state index contributed by atoms with van der Waals surface area (Å²) in [5.74, 6) is 0. The van der Waals surface area contributed by atoms with E-state index in [-0.39, 0.29) is 12.1 Å². The zero-order valence-electron chi connectivity index (χ0n) is 10.6. The quantitative estimate of drug-likeness (QED) is 0.775. The molecule has 1 aliphatic carbocycles. The zero-order valence-corrected chi connectivity index (χ0v) is 10.6. The summed E-state index contributed by atoms with van der Waals surface area (Å²) in [5, 5.41) is 17.6. The van der Waals surface area contributed by atoms with Crippen molar-refractivity contribution < 1.29 is 5.11 Å². The number of aryl methyl sites for hydroxylation is 1. The molecule has 1 aromatic rings.